The highest BCUT2D eigenvalue weighted by Gasteiger charge is 2.73. The van der Waals surface area contributed by atoms with Crippen molar-refractivity contribution in [2.45, 2.75) is 162 Å². The van der Waals surface area contributed by atoms with E-state index in [1.54, 1.807) is 6.92 Å². The van der Waals surface area contributed by atoms with E-state index in [1.807, 2.05) is 27.7 Å². The van der Waals surface area contributed by atoms with Gasteiger partial charge in [0.2, 0.25) is 0 Å². The Balaban J connectivity index is 1.32. The molecule has 0 aromatic rings. The number of carboxylic acid groups (broad SMARTS) is 1. The Hall–Kier alpha value is -1.68. The van der Waals surface area contributed by atoms with Crippen molar-refractivity contribution in [3.05, 3.63) is 11.6 Å². The summed E-state index contributed by atoms with van der Waals surface area (Å²) < 4.78 is 17.8. The van der Waals surface area contributed by atoms with Gasteiger partial charge in [-0.25, -0.2) is 4.79 Å². The number of carbonyl (C=O) groups is 2. The maximum absolute atomic E-state index is 13.0. The molecule has 18 atom stereocenters. The largest absolute Gasteiger partial charge is 0.479 e. The van der Waals surface area contributed by atoms with Crippen LogP contribution >= 0.6 is 0 Å². The van der Waals surface area contributed by atoms with Crippen molar-refractivity contribution in [2.75, 3.05) is 13.2 Å². The van der Waals surface area contributed by atoms with Crippen LogP contribution in [0.5, 0.6) is 0 Å². The fraction of sp³-hybridized carbons (Fsp3) is 0.902. The number of aliphatic hydroxyl groups is 7. The van der Waals surface area contributed by atoms with Crippen molar-refractivity contribution in [1.29, 1.82) is 0 Å². The fourth-order valence-electron chi connectivity index (χ4n) is 13.1. The third kappa shape index (κ3) is 5.72. The van der Waals surface area contributed by atoms with E-state index in [1.165, 1.54) is 0 Å². The summed E-state index contributed by atoms with van der Waals surface area (Å²) in [4.78, 5) is 24.8. The van der Waals surface area contributed by atoms with Gasteiger partial charge in [0, 0.05) is 10.8 Å². The number of ether oxygens (including phenoxy) is 3. The van der Waals surface area contributed by atoms with Crippen LogP contribution in [0.2, 0.25) is 0 Å². The van der Waals surface area contributed by atoms with Crippen LogP contribution in [-0.4, -0.2) is 121 Å². The topological polar surface area (TPSA) is 224 Å². The number of aliphatic hydroxyl groups excluding tert-OH is 7. The lowest BCUT2D eigenvalue weighted by molar-refractivity contribution is -0.328. The van der Waals surface area contributed by atoms with Crippen LogP contribution in [-0.2, 0) is 23.8 Å². The van der Waals surface area contributed by atoms with Crippen LogP contribution in [0.1, 0.15) is 107 Å². The van der Waals surface area contributed by atoms with Gasteiger partial charge < -0.3 is 55.1 Å². The molecule has 0 unspecified atom stereocenters. The quantitative estimate of drug-likeness (QED) is 0.101. The van der Waals surface area contributed by atoms with E-state index < -0.39 is 95.3 Å². The molecule has 0 aromatic heterocycles. The second kappa shape index (κ2) is 14.0. The lowest BCUT2D eigenvalue weighted by atomic mass is 9.33. The molecule has 0 amide bonds. The summed E-state index contributed by atoms with van der Waals surface area (Å²) in [5, 5.41) is 87.8. The Labute approximate surface area is 319 Å². The zero-order valence-corrected chi connectivity index (χ0v) is 33.3. The number of hydrogen-bond acceptors (Lipinski definition) is 12. The third-order valence-corrected chi connectivity index (χ3v) is 16.8. The lowest BCUT2D eigenvalue weighted by Gasteiger charge is -2.72. The molecule has 5 fully saturated rings. The number of rotatable bonds is 8. The average molecular weight is 767 g/mol. The van der Waals surface area contributed by atoms with E-state index in [2.05, 4.69) is 26.8 Å². The van der Waals surface area contributed by atoms with Crippen LogP contribution in [0.15, 0.2) is 11.6 Å². The molecule has 13 nitrogen and oxygen atoms in total. The first kappa shape index (κ1) is 41.9. The van der Waals surface area contributed by atoms with E-state index in [-0.39, 0.29) is 41.1 Å². The van der Waals surface area contributed by atoms with Crippen molar-refractivity contribution in [2.24, 2.45) is 56.2 Å². The molecule has 0 aromatic carbocycles. The van der Waals surface area contributed by atoms with E-state index in [0.717, 1.165) is 12.0 Å². The number of allylic oxidation sites excluding steroid dienone is 2. The molecule has 1 saturated heterocycles. The Bertz CT molecular complexity index is 1480. The van der Waals surface area contributed by atoms with Gasteiger partial charge in [0.25, 0.3) is 0 Å². The molecular formula is C41H66O13. The maximum atomic E-state index is 13.0. The third-order valence-electron chi connectivity index (χ3n) is 16.8. The first-order valence-electron chi connectivity index (χ1n) is 20.1. The summed E-state index contributed by atoms with van der Waals surface area (Å²) in [6.45, 7) is 15.8. The van der Waals surface area contributed by atoms with Crippen molar-refractivity contribution in [3.63, 3.8) is 0 Å². The van der Waals surface area contributed by atoms with Gasteiger partial charge in [0.1, 0.15) is 30.5 Å². The molecule has 5 aliphatic carbocycles. The highest BCUT2D eigenvalue weighted by molar-refractivity contribution is 5.73. The van der Waals surface area contributed by atoms with Gasteiger partial charge >= 0.3 is 11.9 Å². The van der Waals surface area contributed by atoms with E-state index in [9.17, 15) is 50.4 Å². The van der Waals surface area contributed by atoms with Gasteiger partial charge in [-0.1, -0.05) is 67.0 Å². The SMILES string of the molecule is CC[C@H](C)C(=O)O[C@H]1[C@H](O)[C@]2(CO)[C@@H](O)C[C@]3(C)C(=CC[C@@H]4[C@@]5(C)CC[C@H](O[C@@H]6O[C@H](C(=O)O)[C@@H](O)[C@H](O)[C@H]6O)[C@@](C)(CO)[C@H]5CC[C@]43C)[C@@H]2CC1(C)C. The number of aliphatic carboxylic acids is 1. The highest BCUT2D eigenvalue weighted by atomic mass is 16.7. The Morgan fingerprint density at radius 1 is 0.907 bits per heavy atom. The number of carboxylic acids is 1. The molecule has 0 spiro atoms. The summed E-state index contributed by atoms with van der Waals surface area (Å²) in [6, 6.07) is 0. The molecule has 1 aliphatic heterocycles. The van der Waals surface area contributed by atoms with Gasteiger partial charge in [-0.3, -0.25) is 4.79 Å². The van der Waals surface area contributed by atoms with E-state index in [4.69, 9.17) is 14.2 Å². The second-order valence-electron chi connectivity index (χ2n) is 19.7. The molecule has 6 rings (SSSR count). The Kier molecular flexibility index (Phi) is 10.9. The molecule has 4 saturated carbocycles. The van der Waals surface area contributed by atoms with Crippen LogP contribution in [0.3, 0.4) is 0 Å². The summed E-state index contributed by atoms with van der Waals surface area (Å²) in [6.07, 6.45) is -5.53. The summed E-state index contributed by atoms with van der Waals surface area (Å²) >= 11 is 0. The van der Waals surface area contributed by atoms with E-state index >= 15 is 0 Å². The maximum Gasteiger partial charge on any atom is 0.335 e. The number of esters is 1. The summed E-state index contributed by atoms with van der Waals surface area (Å²) in [7, 11) is 0. The predicted octanol–water partition coefficient (Wildman–Crippen LogP) is 2.54. The number of fused-ring (bicyclic) bond motifs is 7. The summed E-state index contributed by atoms with van der Waals surface area (Å²) in [5.41, 5.74) is -2.79. The molecule has 0 radical (unpaired) electrons. The normalized spacial score (nSPS) is 51.7. The molecular weight excluding hydrogens is 700 g/mol. The molecule has 0 bridgehead atoms. The smallest absolute Gasteiger partial charge is 0.335 e. The van der Waals surface area contributed by atoms with Crippen LogP contribution < -0.4 is 0 Å². The minimum absolute atomic E-state index is 0.0571. The number of carbonyl (C=O) groups excluding carboxylic acids is 1. The van der Waals surface area contributed by atoms with Crippen LogP contribution in [0, 0.1) is 56.2 Å². The van der Waals surface area contributed by atoms with Crippen LogP contribution in [0.25, 0.3) is 0 Å². The van der Waals surface area contributed by atoms with Crippen LogP contribution in [0.4, 0.5) is 0 Å². The van der Waals surface area contributed by atoms with Crippen molar-refractivity contribution in [1.82, 2.24) is 0 Å². The van der Waals surface area contributed by atoms with Gasteiger partial charge in [-0.2, -0.15) is 0 Å². The minimum atomic E-state index is -1.84. The van der Waals surface area contributed by atoms with Crippen molar-refractivity contribution >= 4 is 11.9 Å². The summed E-state index contributed by atoms with van der Waals surface area (Å²) in [5.74, 6) is -2.54. The zero-order valence-electron chi connectivity index (χ0n) is 33.3. The van der Waals surface area contributed by atoms with Gasteiger partial charge in [-0.05, 0) is 85.4 Å². The average Bonchev–Trinajstić information content (AvgIpc) is 3.10. The zero-order chi connectivity index (χ0) is 40.1. The fourth-order valence-corrected chi connectivity index (χ4v) is 13.1. The first-order chi connectivity index (χ1) is 25.0. The predicted molar refractivity (Wildman–Crippen MR) is 194 cm³/mol. The minimum Gasteiger partial charge on any atom is -0.479 e. The number of hydrogen-bond donors (Lipinski definition) is 8. The van der Waals surface area contributed by atoms with Crippen molar-refractivity contribution in [3.8, 4) is 0 Å². The first-order valence-corrected chi connectivity index (χ1v) is 20.1. The molecule has 54 heavy (non-hydrogen) atoms. The molecule has 308 valence electrons. The second-order valence-corrected chi connectivity index (χ2v) is 19.7. The molecule has 8 N–H and O–H groups in total. The highest BCUT2D eigenvalue weighted by Crippen LogP contribution is 2.76. The van der Waals surface area contributed by atoms with Gasteiger partial charge in [0.05, 0.1) is 36.8 Å². The van der Waals surface area contributed by atoms with Gasteiger partial charge in [0.15, 0.2) is 12.4 Å². The van der Waals surface area contributed by atoms with Crippen molar-refractivity contribution < 1.29 is 64.7 Å². The van der Waals surface area contributed by atoms with E-state index in [0.29, 0.717) is 44.9 Å². The molecule has 13 heteroatoms. The monoisotopic (exact) mass is 766 g/mol. The Morgan fingerprint density at radius 3 is 2.17 bits per heavy atom. The molecule has 6 aliphatic rings. The molecule has 1 heterocycles. The van der Waals surface area contributed by atoms with Gasteiger partial charge in [-0.15, -0.1) is 0 Å². The lowest BCUT2D eigenvalue weighted by Crippen LogP contribution is -2.72. The standard InChI is InChI=1S/C41H66O13/c1-9-20(2)34(51)54-32-31(48)41(19-43)22(16-36(32,3)4)21-10-11-24-37(5)14-13-26(52-35-29(47)27(45)28(46)30(53-35)33(49)50)38(6,18-42)23(37)12-15-39(24,7)40(21,8)17-25(41)44/h10,20,22-32,35,42-48H,9,11-19H2,1-8H3,(H,49,50)/t20-,22-,23-,24+,25-,26-,27-,28-,29+,30-,31-,32-,35+,37-,38-,39+,40+,41-/m0/s1. The Morgan fingerprint density at radius 2 is 1.57 bits per heavy atom.